The average molecular weight is 232 g/mol. The molecular formula is C14H17FN2. The van der Waals surface area contributed by atoms with Crippen molar-refractivity contribution in [2.24, 2.45) is 5.41 Å². The van der Waals surface area contributed by atoms with Gasteiger partial charge in [0.1, 0.15) is 5.82 Å². The molecule has 0 radical (unpaired) electrons. The van der Waals surface area contributed by atoms with Crippen LogP contribution in [0.15, 0.2) is 24.3 Å². The van der Waals surface area contributed by atoms with Crippen molar-refractivity contribution in [1.29, 1.82) is 5.26 Å². The Balaban J connectivity index is 2.40. The summed E-state index contributed by atoms with van der Waals surface area (Å²) in [5.74, 6) is -0.234. The van der Waals surface area contributed by atoms with Crippen molar-refractivity contribution < 1.29 is 4.39 Å². The van der Waals surface area contributed by atoms with Crippen molar-refractivity contribution in [1.82, 2.24) is 4.90 Å². The second-order valence-electron chi connectivity index (χ2n) is 5.04. The quantitative estimate of drug-likeness (QED) is 0.800. The Hall–Kier alpha value is -1.40. The fourth-order valence-corrected chi connectivity index (χ4v) is 2.79. The summed E-state index contributed by atoms with van der Waals surface area (Å²) in [6.07, 6.45) is 2.90. The van der Waals surface area contributed by atoms with Gasteiger partial charge in [-0.05, 0) is 44.6 Å². The van der Waals surface area contributed by atoms with Gasteiger partial charge in [-0.1, -0.05) is 18.6 Å². The van der Waals surface area contributed by atoms with E-state index in [9.17, 15) is 9.65 Å². The third kappa shape index (κ3) is 2.05. The van der Waals surface area contributed by atoms with Gasteiger partial charge >= 0.3 is 0 Å². The van der Waals surface area contributed by atoms with Gasteiger partial charge in [-0.2, -0.15) is 5.26 Å². The highest BCUT2D eigenvalue weighted by molar-refractivity contribution is 5.27. The maximum Gasteiger partial charge on any atom is 0.123 e. The summed E-state index contributed by atoms with van der Waals surface area (Å²) < 4.78 is 13.3. The van der Waals surface area contributed by atoms with Gasteiger partial charge in [0.2, 0.25) is 0 Å². The first kappa shape index (κ1) is 12.1. The molecule has 0 heterocycles. The van der Waals surface area contributed by atoms with Gasteiger partial charge in [0.25, 0.3) is 0 Å². The third-order valence-corrected chi connectivity index (χ3v) is 3.67. The molecule has 0 bridgehead atoms. The molecule has 0 amide bonds. The maximum atomic E-state index is 13.3. The van der Waals surface area contributed by atoms with Crippen LogP contribution >= 0.6 is 0 Å². The Labute approximate surface area is 102 Å². The van der Waals surface area contributed by atoms with Gasteiger partial charge in [-0.15, -0.1) is 0 Å². The highest BCUT2D eigenvalue weighted by Gasteiger charge is 2.46. The fraction of sp³-hybridized carbons (Fsp3) is 0.500. The van der Waals surface area contributed by atoms with Crippen LogP contribution in [-0.2, 0) is 0 Å². The van der Waals surface area contributed by atoms with E-state index in [1.165, 1.54) is 6.07 Å². The zero-order valence-electron chi connectivity index (χ0n) is 10.3. The van der Waals surface area contributed by atoms with Crippen LogP contribution in [0.5, 0.6) is 0 Å². The van der Waals surface area contributed by atoms with Crippen molar-refractivity contribution in [3.8, 4) is 6.07 Å². The predicted octanol–water partition coefficient (Wildman–Crippen LogP) is 3.12. The predicted molar refractivity (Wildman–Crippen MR) is 64.7 cm³/mol. The lowest BCUT2D eigenvalue weighted by Crippen LogP contribution is -2.41. The minimum atomic E-state index is -0.336. The SMILES string of the molecule is CN(C)C(c1cccc(F)c1)C1(C#N)CCC1. The average Bonchev–Trinajstić information content (AvgIpc) is 2.22. The first-order chi connectivity index (χ1) is 8.09. The van der Waals surface area contributed by atoms with Gasteiger partial charge < -0.3 is 4.90 Å². The van der Waals surface area contributed by atoms with E-state index in [-0.39, 0.29) is 17.3 Å². The topological polar surface area (TPSA) is 27.0 Å². The number of benzene rings is 1. The first-order valence-electron chi connectivity index (χ1n) is 5.92. The smallest absolute Gasteiger partial charge is 0.123 e. The molecule has 2 rings (SSSR count). The van der Waals surface area contributed by atoms with E-state index in [1.807, 2.05) is 25.1 Å². The molecule has 0 aromatic heterocycles. The van der Waals surface area contributed by atoms with Gasteiger partial charge in [-0.25, -0.2) is 4.39 Å². The molecular weight excluding hydrogens is 215 g/mol. The van der Waals surface area contributed by atoms with Gasteiger partial charge in [0.15, 0.2) is 0 Å². The Morgan fingerprint density at radius 2 is 2.12 bits per heavy atom. The summed E-state index contributed by atoms with van der Waals surface area (Å²) in [6.45, 7) is 0. The molecule has 1 unspecified atom stereocenters. The van der Waals surface area contributed by atoms with Crippen LogP contribution in [0.25, 0.3) is 0 Å². The van der Waals surface area contributed by atoms with E-state index < -0.39 is 0 Å². The second kappa shape index (κ2) is 4.46. The van der Waals surface area contributed by atoms with Gasteiger partial charge in [-0.3, -0.25) is 0 Å². The number of halogens is 1. The largest absolute Gasteiger partial charge is 0.301 e. The molecule has 1 aromatic carbocycles. The van der Waals surface area contributed by atoms with Gasteiger partial charge in [0, 0.05) is 0 Å². The molecule has 1 atom stereocenters. The number of rotatable bonds is 3. The molecule has 1 aromatic rings. The number of nitrogens with zero attached hydrogens (tertiary/aromatic N) is 2. The van der Waals surface area contributed by atoms with E-state index in [4.69, 9.17) is 0 Å². The number of hydrogen-bond acceptors (Lipinski definition) is 2. The maximum absolute atomic E-state index is 13.3. The summed E-state index contributed by atoms with van der Waals surface area (Å²) in [6, 6.07) is 9.04. The van der Waals surface area contributed by atoms with Crippen LogP contribution < -0.4 is 0 Å². The molecule has 3 heteroatoms. The lowest BCUT2D eigenvalue weighted by molar-refractivity contribution is 0.0747. The highest BCUT2D eigenvalue weighted by atomic mass is 19.1. The summed E-state index contributed by atoms with van der Waals surface area (Å²) in [5.41, 5.74) is 0.563. The fourth-order valence-electron chi connectivity index (χ4n) is 2.79. The molecule has 2 nitrogen and oxygen atoms in total. The minimum absolute atomic E-state index is 0.0167. The number of hydrogen-bond donors (Lipinski definition) is 0. The summed E-state index contributed by atoms with van der Waals surface area (Å²) in [7, 11) is 3.90. The molecule has 0 aliphatic heterocycles. The lowest BCUT2D eigenvalue weighted by Gasteiger charge is -2.45. The van der Waals surface area contributed by atoms with Crippen LogP contribution in [-0.4, -0.2) is 19.0 Å². The zero-order valence-corrected chi connectivity index (χ0v) is 10.3. The minimum Gasteiger partial charge on any atom is -0.301 e. The molecule has 0 spiro atoms. The van der Waals surface area contributed by atoms with Crippen molar-refractivity contribution in [3.63, 3.8) is 0 Å². The normalized spacial score (nSPS) is 19.5. The monoisotopic (exact) mass is 232 g/mol. The molecule has 0 saturated heterocycles. The van der Waals surface area contributed by atoms with Crippen LogP contribution in [0.3, 0.4) is 0 Å². The number of nitriles is 1. The van der Waals surface area contributed by atoms with Crippen LogP contribution in [0, 0.1) is 22.6 Å². The Bertz CT molecular complexity index is 444. The van der Waals surface area contributed by atoms with Crippen molar-refractivity contribution in [3.05, 3.63) is 35.6 Å². The van der Waals surface area contributed by atoms with Crippen molar-refractivity contribution in [2.45, 2.75) is 25.3 Å². The van der Waals surface area contributed by atoms with Crippen LogP contribution in [0.2, 0.25) is 0 Å². The van der Waals surface area contributed by atoms with Gasteiger partial charge in [0.05, 0.1) is 17.5 Å². The molecule has 1 fully saturated rings. The van der Waals surface area contributed by atoms with E-state index >= 15 is 0 Å². The second-order valence-corrected chi connectivity index (χ2v) is 5.04. The summed E-state index contributed by atoms with van der Waals surface area (Å²) in [5, 5.41) is 9.42. The highest BCUT2D eigenvalue weighted by Crippen LogP contribution is 2.51. The van der Waals surface area contributed by atoms with Crippen LogP contribution in [0.1, 0.15) is 30.9 Å². The molecule has 1 aliphatic carbocycles. The molecule has 17 heavy (non-hydrogen) atoms. The Kier molecular flexibility index (Phi) is 3.17. The lowest BCUT2D eigenvalue weighted by atomic mass is 9.63. The summed E-state index contributed by atoms with van der Waals surface area (Å²) >= 11 is 0. The molecule has 1 saturated carbocycles. The third-order valence-electron chi connectivity index (χ3n) is 3.67. The van der Waals surface area contributed by atoms with E-state index in [0.717, 1.165) is 24.8 Å². The molecule has 90 valence electrons. The summed E-state index contributed by atoms with van der Waals surface area (Å²) in [4.78, 5) is 2.02. The Morgan fingerprint density at radius 3 is 2.53 bits per heavy atom. The van der Waals surface area contributed by atoms with E-state index in [1.54, 1.807) is 12.1 Å². The molecule has 1 aliphatic rings. The van der Waals surface area contributed by atoms with Crippen LogP contribution in [0.4, 0.5) is 4.39 Å². The van der Waals surface area contributed by atoms with Crippen molar-refractivity contribution in [2.75, 3.05) is 14.1 Å². The van der Waals surface area contributed by atoms with E-state index in [0.29, 0.717) is 0 Å². The Morgan fingerprint density at radius 1 is 1.41 bits per heavy atom. The zero-order chi connectivity index (χ0) is 12.5. The molecule has 0 N–H and O–H groups in total. The standard InChI is InChI=1S/C14H17FN2/c1-17(2)13(14(10-16)7-4-8-14)11-5-3-6-12(15)9-11/h3,5-6,9,13H,4,7-8H2,1-2H3. The van der Waals surface area contributed by atoms with E-state index in [2.05, 4.69) is 6.07 Å². The van der Waals surface area contributed by atoms with Crippen molar-refractivity contribution >= 4 is 0 Å². The first-order valence-corrected chi connectivity index (χ1v) is 5.92.